The van der Waals surface area contributed by atoms with Crippen molar-refractivity contribution in [1.29, 1.82) is 0 Å². The third kappa shape index (κ3) is 1.67. The largest absolute Gasteiger partial charge is 0.390 e. The van der Waals surface area contributed by atoms with Crippen molar-refractivity contribution in [2.45, 2.75) is 13.3 Å². The van der Waals surface area contributed by atoms with Gasteiger partial charge in [0.1, 0.15) is 11.3 Å². The molecule has 0 aliphatic carbocycles. The highest BCUT2D eigenvalue weighted by Gasteiger charge is 2.13. The van der Waals surface area contributed by atoms with Gasteiger partial charge in [-0.2, -0.15) is 0 Å². The van der Waals surface area contributed by atoms with Gasteiger partial charge in [-0.3, -0.25) is 0 Å². The number of thiophene rings is 1. The molecule has 3 rings (SSSR count). The van der Waals surface area contributed by atoms with Gasteiger partial charge in [-0.1, -0.05) is 13.0 Å². The second-order valence-corrected chi connectivity index (χ2v) is 5.23. The maximum absolute atomic E-state index is 13.6. The number of para-hydroxylation sites is 1. The molecule has 0 aliphatic heterocycles. The van der Waals surface area contributed by atoms with Crippen LogP contribution in [0.15, 0.2) is 24.3 Å². The summed E-state index contributed by atoms with van der Waals surface area (Å²) in [5, 5.41) is 0.714. The molecule has 0 unspecified atom stereocenters. The summed E-state index contributed by atoms with van der Waals surface area (Å²) >= 11 is 1.55. The first-order valence-electron chi connectivity index (χ1n) is 5.72. The zero-order valence-electron chi connectivity index (χ0n) is 9.83. The summed E-state index contributed by atoms with van der Waals surface area (Å²) in [6.07, 6.45) is 0.934. The van der Waals surface area contributed by atoms with E-state index < -0.39 is 0 Å². The molecule has 0 radical (unpaired) electrons. The minimum Gasteiger partial charge on any atom is -0.390 e. The molecule has 0 saturated carbocycles. The number of aromatic amines is 1. The smallest absolute Gasteiger partial charge is 0.151 e. The Kier molecular flexibility index (Phi) is 2.56. The molecule has 0 amide bonds. The number of nitrogens with zero attached hydrogens (tertiary/aromatic N) is 1. The molecule has 0 saturated heterocycles. The van der Waals surface area contributed by atoms with Crippen LogP contribution in [-0.4, -0.2) is 9.97 Å². The fraction of sp³-hybridized carbons (Fsp3) is 0.154. The van der Waals surface area contributed by atoms with Crippen LogP contribution in [0.25, 0.3) is 22.4 Å². The van der Waals surface area contributed by atoms with Crippen LogP contribution in [0.4, 0.5) is 9.39 Å². The van der Waals surface area contributed by atoms with Crippen LogP contribution in [0.3, 0.4) is 0 Å². The summed E-state index contributed by atoms with van der Waals surface area (Å²) in [6, 6.07) is 6.88. The van der Waals surface area contributed by atoms with Crippen molar-refractivity contribution in [2.75, 3.05) is 5.73 Å². The summed E-state index contributed by atoms with van der Waals surface area (Å²) in [4.78, 5) is 8.59. The lowest BCUT2D eigenvalue weighted by Crippen LogP contribution is -1.84. The average molecular weight is 261 g/mol. The van der Waals surface area contributed by atoms with Crippen molar-refractivity contribution < 1.29 is 4.39 Å². The predicted molar refractivity (Wildman–Crippen MR) is 73.2 cm³/mol. The molecule has 3 aromatic rings. The maximum atomic E-state index is 13.6. The summed E-state index contributed by atoms with van der Waals surface area (Å²) in [6.45, 7) is 2.08. The molecule has 0 aliphatic rings. The third-order valence-electron chi connectivity index (χ3n) is 2.88. The normalized spacial score (nSPS) is 11.2. The highest BCUT2D eigenvalue weighted by Crippen LogP contribution is 2.33. The van der Waals surface area contributed by atoms with Gasteiger partial charge in [0.15, 0.2) is 5.82 Å². The Morgan fingerprint density at radius 1 is 1.44 bits per heavy atom. The second kappa shape index (κ2) is 4.10. The molecule has 18 heavy (non-hydrogen) atoms. The minimum atomic E-state index is -0.320. The Labute approximate surface area is 107 Å². The Balaban J connectivity index is 2.19. The minimum absolute atomic E-state index is 0.320. The van der Waals surface area contributed by atoms with Crippen molar-refractivity contribution in [3.8, 4) is 11.4 Å². The molecule has 1 aromatic carbocycles. The van der Waals surface area contributed by atoms with Gasteiger partial charge >= 0.3 is 0 Å². The van der Waals surface area contributed by atoms with Gasteiger partial charge in [0.05, 0.1) is 16.1 Å². The summed E-state index contributed by atoms with van der Waals surface area (Å²) in [5.41, 5.74) is 7.87. The van der Waals surface area contributed by atoms with E-state index in [1.807, 2.05) is 6.07 Å². The number of aromatic nitrogens is 2. The number of benzene rings is 1. The number of imidazole rings is 1. The second-order valence-electron chi connectivity index (χ2n) is 4.07. The molecule has 3 nitrogen and oxygen atoms in total. The van der Waals surface area contributed by atoms with E-state index in [-0.39, 0.29) is 5.82 Å². The molecule has 0 spiro atoms. The van der Waals surface area contributed by atoms with Crippen LogP contribution in [0.5, 0.6) is 0 Å². The average Bonchev–Trinajstić information content (AvgIpc) is 2.93. The topological polar surface area (TPSA) is 54.7 Å². The summed E-state index contributed by atoms with van der Waals surface area (Å²) < 4.78 is 13.6. The number of rotatable bonds is 2. The molecule has 0 bridgehead atoms. The zero-order valence-corrected chi connectivity index (χ0v) is 10.6. The molecule has 0 atom stereocenters. The molecular weight excluding hydrogens is 249 g/mol. The Bertz CT molecular complexity index is 714. The van der Waals surface area contributed by atoms with Gasteiger partial charge in [0.25, 0.3) is 0 Å². The molecule has 0 fully saturated rings. The lowest BCUT2D eigenvalue weighted by Gasteiger charge is -1.92. The van der Waals surface area contributed by atoms with Crippen LogP contribution in [0, 0.1) is 5.82 Å². The van der Waals surface area contributed by atoms with E-state index in [1.165, 1.54) is 10.9 Å². The van der Waals surface area contributed by atoms with Gasteiger partial charge in [-0.15, -0.1) is 11.3 Å². The highest BCUT2D eigenvalue weighted by molar-refractivity contribution is 7.16. The monoisotopic (exact) mass is 261 g/mol. The third-order valence-corrected chi connectivity index (χ3v) is 3.99. The fourth-order valence-electron chi connectivity index (χ4n) is 1.94. The van der Waals surface area contributed by atoms with E-state index in [0.29, 0.717) is 21.9 Å². The van der Waals surface area contributed by atoms with Gasteiger partial charge in [0, 0.05) is 4.88 Å². The van der Waals surface area contributed by atoms with Crippen LogP contribution < -0.4 is 5.73 Å². The number of anilines is 1. The van der Waals surface area contributed by atoms with Crippen molar-refractivity contribution in [3.63, 3.8) is 0 Å². The first-order chi connectivity index (χ1) is 8.69. The van der Waals surface area contributed by atoms with Crippen LogP contribution in [0.1, 0.15) is 11.8 Å². The van der Waals surface area contributed by atoms with Crippen molar-refractivity contribution in [1.82, 2.24) is 9.97 Å². The van der Waals surface area contributed by atoms with Crippen molar-refractivity contribution >= 4 is 27.4 Å². The predicted octanol–water partition coefficient (Wildman–Crippen LogP) is 3.58. The lowest BCUT2D eigenvalue weighted by molar-refractivity contribution is 0.637. The highest BCUT2D eigenvalue weighted by atomic mass is 32.1. The van der Waals surface area contributed by atoms with Gasteiger partial charge in [0.2, 0.25) is 0 Å². The number of hydrogen-bond donors (Lipinski definition) is 2. The van der Waals surface area contributed by atoms with E-state index >= 15 is 0 Å². The SMILES string of the molecule is CCc1cc(-c2nc3c(F)cccc3[nH]2)c(N)s1. The van der Waals surface area contributed by atoms with E-state index in [4.69, 9.17) is 5.73 Å². The number of hydrogen-bond acceptors (Lipinski definition) is 3. The molecule has 2 heterocycles. The van der Waals surface area contributed by atoms with E-state index in [0.717, 1.165) is 12.0 Å². The number of nitrogens with two attached hydrogens (primary N) is 1. The van der Waals surface area contributed by atoms with Crippen molar-refractivity contribution in [2.24, 2.45) is 0 Å². The first kappa shape index (κ1) is 11.2. The van der Waals surface area contributed by atoms with E-state index in [9.17, 15) is 4.39 Å². The zero-order chi connectivity index (χ0) is 12.7. The number of H-pyrrole nitrogens is 1. The van der Waals surface area contributed by atoms with Gasteiger partial charge < -0.3 is 10.7 Å². The molecular formula is C13H12FN3S. The molecule has 5 heteroatoms. The summed E-state index contributed by atoms with van der Waals surface area (Å²) in [5.74, 6) is 0.308. The molecule has 2 aromatic heterocycles. The Morgan fingerprint density at radius 2 is 2.28 bits per heavy atom. The maximum Gasteiger partial charge on any atom is 0.151 e. The molecule has 92 valence electrons. The lowest BCUT2D eigenvalue weighted by atomic mass is 10.2. The van der Waals surface area contributed by atoms with Crippen LogP contribution in [-0.2, 0) is 6.42 Å². The summed E-state index contributed by atoms with van der Waals surface area (Å²) in [7, 11) is 0. The number of fused-ring (bicyclic) bond motifs is 1. The molecule has 3 N–H and O–H groups in total. The van der Waals surface area contributed by atoms with Gasteiger partial charge in [-0.05, 0) is 24.6 Å². The Morgan fingerprint density at radius 3 is 2.94 bits per heavy atom. The van der Waals surface area contributed by atoms with Crippen molar-refractivity contribution in [3.05, 3.63) is 35.0 Å². The number of aryl methyl sites for hydroxylation is 1. The van der Waals surface area contributed by atoms with Gasteiger partial charge in [-0.25, -0.2) is 9.37 Å². The number of nitrogen functional groups attached to an aromatic ring is 1. The quantitative estimate of drug-likeness (QED) is 0.741. The number of halogens is 1. The Hall–Kier alpha value is -1.88. The number of nitrogens with one attached hydrogen (secondary N) is 1. The standard InChI is InChI=1S/C13H12FN3S/c1-2-7-6-8(12(15)18-7)13-16-10-5-3-4-9(14)11(10)17-13/h3-6H,2,15H2,1H3,(H,16,17). The van der Waals surface area contributed by atoms with Crippen LogP contribution in [0.2, 0.25) is 0 Å². The van der Waals surface area contributed by atoms with Crippen LogP contribution >= 0.6 is 11.3 Å². The van der Waals surface area contributed by atoms with E-state index in [1.54, 1.807) is 23.5 Å². The van der Waals surface area contributed by atoms with E-state index in [2.05, 4.69) is 16.9 Å². The first-order valence-corrected chi connectivity index (χ1v) is 6.53. The fourth-order valence-corrected chi connectivity index (χ4v) is 2.81.